The van der Waals surface area contributed by atoms with Gasteiger partial charge in [0.05, 0.1) is 11.4 Å². The number of amides is 1. The zero-order valence-electron chi connectivity index (χ0n) is 15.9. The van der Waals surface area contributed by atoms with Crippen LogP contribution in [-0.2, 0) is 6.42 Å². The van der Waals surface area contributed by atoms with E-state index in [9.17, 15) is 9.59 Å². The zero-order chi connectivity index (χ0) is 19.1. The molecule has 0 fully saturated rings. The smallest absolute Gasteiger partial charge is 0.279 e. The second-order valence-corrected chi connectivity index (χ2v) is 7.43. The minimum Gasteiger partial charge on any atom is -0.307 e. The highest BCUT2D eigenvalue weighted by molar-refractivity contribution is 6.12. The molecule has 1 aromatic heterocycles. The molecular weight excluding hydrogens is 338 g/mol. The summed E-state index contributed by atoms with van der Waals surface area (Å²) in [5, 5.41) is 5.63. The molecule has 1 aliphatic rings. The van der Waals surface area contributed by atoms with Crippen LogP contribution in [0.1, 0.15) is 47.9 Å². The fraction of sp³-hybridized carbons (Fsp3) is 0.318. The van der Waals surface area contributed by atoms with Crippen LogP contribution in [0, 0.1) is 6.92 Å². The molecule has 0 spiro atoms. The van der Waals surface area contributed by atoms with Gasteiger partial charge in [-0.2, -0.15) is 5.10 Å². The van der Waals surface area contributed by atoms with Gasteiger partial charge in [-0.15, -0.1) is 0 Å². The van der Waals surface area contributed by atoms with Gasteiger partial charge in [0.2, 0.25) is 0 Å². The second kappa shape index (κ2) is 6.65. The van der Waals surface area contributed by atoms with Crippen molar-refractivity contribution in [1.29, 1.82) is 0 Å². The molecule has 5 heteroatoms. The Labute approximate surface area is 158 Å². The topological polar surface area (TPSA) is 55.2 Å². The largest absolute Gasteiger partial charge is 0.307 e. The third kappa shape index (κ3) is 2.93. The fourth-order valence-corrected chi connectivity index (χ4v) is 3.78. The molecule has 27 heavy (non-hydrogen) atoms. The summed E-state index contributed by atoms with van der Waals surface area (Å²) >= 11 is 0. The average Bonchev–Trinajstić information content (AvgIpc) is 2.67. The van der Waals surface area contributed by atoms with Gasteiger partial charge in [-0.05, 0) is 51.3 Å². The monoisotopic (exact) mass is 361 g/mol. The molecule has 0 N–H and O–H groups in total. The molecule has 0 saturated carbocycles. The van der Waals surface area contributed by atoms with Crippen molar-refractivity contribution in [2.24, 2.45) is 0 Å². The van der Waals surface area contributed by atoms with Crippen LogP contribution in [0.2, 0.25) is 0 Å². The van der Waals surface area contributed by atoms with Gasteiger partial charge in [0.15, 0.2) is 5.69 Å². The summed E-state index contributed by atoms with van der Waals surface area (Å²) in [7, 11) is 0. The van der Waals surface area contributed by atoms with Gasteiger partial charge in [0, 0.05) is 17.6 Å². The first-order valence-corrected chi connectivity index (χ1v) is 9.40. The Morgan fingerprint density at radius 2 is 1.85 bits per heavy atom. The molecule has 0 bridgehead atoms. The molecule has 1 aliphatic heterocycles. The zero-order valence-corrected chi connectivity index (χ0v) is 15.9. The molecule has 1 amide bonds. The molecule has 2 aromatic carbocycles. The molecule has 138 valence electrons. The average molecular weight is 361 g/mol. The number of hydrogen-bond donors (Lipinski definition) is 0. The Hall–Kier alpha value is -2.95. The number of carbonyl (C=O) groups is 1. The third-order valence-electron chi connectivity index (χ3n) is 5.12. The van der Waals surface area contributed by atoms with Crippen LogP contribution < -0.4 is 10.5 Å². The van der Waals surface area contributed by atoms with Gasteiger partial charge >= 0.3 is 0 Å². The first kappa shape index (κ1) is 17.5. The molecule has 2 heterocycles. The van der Waals surface area contributed by atoms with Crippen LogP contribution in [0.25, 0.3) is 10.8 Å². The highest BCUT2D eigenvalue weighted by Crippen LogP contribution is 2.30. The summed E-state index contributed by atoms with van der Waals surface area (Å²) in [5.74, 6) is -0.148. The van der Waals surface area contributed by atoms with Crippen LogP contribution >= 0.6 is 0 Å². The van der Waals surface area contributed by atoms with E-state index in [0.717, 1.165) is 18.5 Å². The van der Waals surface area contributed by atoms with Crippen LogP contribution in [0.15, 0.2) is 47.3 Å². The van der Waals surface area contributed by atoms with Gasteiger partial charge in [-0.1, -0.05) is 35.9 Å². The number of fused-ring (bicyclic) bond motifs is 2. The molecule has 0 atom stereocenters. The summed E-state index contributed by atoms with van der Waals surface area (Å²) in [5.41, 5.74) is 3.51. The van der Waals surface area contributed by atoms with Crippen molar-refractivity contribution in [3.05, 3.63) is 69.6 Å². The summed E-state index contributed by atoms with van der Waals surface area (Å²) in [4.78, 5) is 28.0. The van der Waals surface area contributed by atoms with E-state index in [2.05, 4.69) is 18.1 Å². The lowest BCUT2D eigenvalue weighted by molar-refractivity contribution is 0.0979. The van der Waals surface area contributed by atoms with E-state index in [0.29, 0.717) is 23.0 Å². The highest BCUT2D eigenvalue weighted by Gasteiger charge is 2.27. The summed E-state index contributed by atoms with van der Waals surface area (Å²) in [6, 6.07) is 13.3. The minimum absolute atomic E-state index is 0.120. The first-order chi connectivity index (χ1) is 13.0. The van der Waals surface area contributed by atoms with E-state index in [1.165, 1.54) is 15.8 Å². The highest BCUT2D eigenvalue weighted by atomic mass is 16.2. The van der Waals surface area contributed by atoms with E-state index in [-0.39, 0.29) is 17.5 Å². The number of aromatic nitrogens is 2. The van der Waals surface area contributed by atoms with Crippen molar-refractivity contribution in [2.75, 3.05) is 11.4 Å². The maximum atomic E-state index is 13.5. The Balaban J connectivity index is 1.90. The maximum Gasteiger partial charge on any atom is 0.279 e. The van der Waals surface area contributed by atoms with E-state index >= 15 is 0 Å². The van der Waals surface area contributed by atoms with Gasteiger partial charge in [0.1, 0.15) is 0 Å². The number of nitrogens with zero attached hydrogens (tertiary/aromatic N) is 3. The molecule has 4 rings (SSSR count). The van der Waals surface area contributed by atoms with Gasteiger partial charge in [-0.3, -0.25) is 9.59 Å². The van der Waals surface area contributed by atoms with Crippen molar-refractivity contribution in [3.8, 4) is 0 Å². The van der Waals surface area contributed by atoms with E-state index < -0.39 is 0 Å². The predicted molar refractivity (Wildman–Crippen MR) is 108 cm³/mol. The number of hydrogen-bond acceptors (Lipinski definition) is 3. The first-order valence-electron chi connectivity index (χ1n) is 9.40. The van der Waals surface area contributed by atoms with E-state index in [4.69, 9.17) is 0 Å². The van der Waals surface area contributed by atoms with Gasteiger partial charge < -0.3 is 4.90 Å². The fourth-order valence-electron chi connectivity index (χ4n) is 3.78. The maximum absolute atomic E-state index is 13.5. The number of carbonyl (C=O) groups excluding carboxylic acids is 1. The molecule has 0 aliphatic carbocycles. The van der Waals surface area contributed by atoms with Gasteiger partial charge in [0.25, 0.3) is 11.5 Å². The molecule has 5 nitrogen and oxygen atoms in total. The number of rotatable bonds is 2. The second-order valence-electron chi connectivity index (χ2n) is 7.43. The van der Waals surface area contributed by atoms with Crippen molar-refractivity contribution >= 4 is 22.4 Å². The Morgan fingerprint density at radius 1 is 1.11 bits per heavy atom. The van der Waals surface area contributed by atoms with Crippen LogP contribution in [0.4, 0.5) is 5.69 Å². The SMILES string of the molecule is Cc1ccc2c(c1)CCCN2C(=O)c1nn(C(C)C)c(=O)c2ccccc12. The van der Waals surface area contributed by atoms with Crippen LogP contribution in [0.5, 0.6) is 0 Å². The summed E-state index contributed by atoms with van der Waals surface area (Å²) in [6.07, 6.45) is 1.89. The number of benzene rings is 2. The van der Waals surface area contributed by atoms with E-state index in [1.807, 2.05) is 49.1 Å². The molecular formula is C22H23N3O2. The lowest BCUT2D eigenvalue weighted by Crippen LogP contribution is -2.38. The molecule has 3 aromatic rings. The third-order valence-corrected chi connectivity index (χ3v) is 5.12. The molecule has 0 radical (unpaired) electrons. The Morgan fingerprint density at radius 3 is 2.59 bits per heavy atom. The van der Waals surface area contributed by atoms with Crippen LogP contribution in [0.3, 0.4) is 0 Å². The lowest BCUT2D eigenvalue weighted by atomic mass is 9.99. The normalized spacial score (nSPS) is 13.9. The minimum atomic E-state index is -0.160. The lowest BCUT2D eigenvalue weighted by Gasteiger charge is -2.30. The number of anilines is 1. The van der Waals surface area contributed by atoms with E-state index in [1.54, 1.807) is 6.07 Å². The Bertz CT molecular complexity index is 1100. The van der Waals surface area contributed by atoms with Crippen molar-refractivity contribution in [2.45, 2.75) is 39.7 Å². The summed E-state index contributed by atoms with van der Waals surface area (Å²) in [6.45, 7) is 6.52. The summed E-state index contributed by atoms with van der Waals surface area (Å²) < 4.78 is 1.41. The molecule has 0 saturated heterocycles. The number of aryl methyl sites for hydroxylation is 2. The quantitative estimate of drug-likeness (QED) is 0.696. The molecule has 0 unspecified atom stereocenters. The predicted octanol–water partition coefficient (Wildman–Crippen LogP) is 3.88. The standard InChI is InChI=1S/C22H23N3O2/c1-14(2)25-21(26)18-9-5-4-8-17(18)20(23-25)22(27)24-12-6-7-16-13-15(3)10-11-19(16)24/h4-5,8-11,13-14H,6-7,12H2,1-3H3. The van der Waals surface area contributed by atoms with Gasteiger partial charge in [-0.25, -0.2) is 4.68 Å². The van der Waals surface area contributed by atoms with Crippen molar-refractivity contribution < 1.29 is 4.79 Å². The van der Waals surface area contributed by atoms with Crippen molar-refractivity contribution in [3.63, 3.8) is 0 Å². The van der Waals surface area contributed by atoms with Crippen molar-refractivity contribution in [1.82, 2.24) is 9.78 Å². The Kier molecular flexibility index (Phi) is 4.30. The van der Waals surface area contributed by atoms with Crippen LogP contribution in [-0.4, -0.2) is 22.2 Å².